The van der Waals surface area contributed by atoms with Crippen LogP contribution >= 0.6 is 0 Å². The molecule has 0 aliphatic carbocycles. The Morgan fingerprint density at radius 1 is 1.04 bits per heavy atom. The first-order chi connectivity index (χ1) is 11.2. The Balaban J connectivity index is 2.46. The van der Waals surface area contributed by atoms with Gasteiger partial charge in [-0.2, -0.15) is 5.26 Å². The minimum Gasteiger partial charge on any atom is -0.468 e. The molecule has 2 atom stereocenters. The summed E-state index contributed by atoms with van der Waals surface area (Å²) in [4.78, 5) is 11.8. The molecule has 116 valence electrons. The van der Waals surface area contributed by atoms with Crippen molar-refractivity contribution < 1.29 is 9.53 Å². The third kappa shape index (κ3) is 4.08. The van der Waals surface area contributed by atoms with Gasteiger partial charge < -0.3 is 4.74 Å². The fourth-order valence-electron chi connectivity index (χ4n) is 2.47. The predicted molar refractivity (Wildman–Crippen MR) is 90.2 cm³/mol. The normalized spacial score (nSPS) is 12.6. The number of ether oxygens (including phenoxy) is 1. The van der Waals surface area contributed by atoms with Crippen molar-refractivity contribution >= 4 is 11.5 Å². The van der Waals surface area contributed by atoms with Gasteiger partial charge in [0.2, 0.25) is 0 Å². The second-order valence-electron chi connectivity index (χ2n) is 5.30. The SMILES string of the molecule is COC(=O)C(C#N)[C@@H](C)C=C(c1ccccc1)c1ccccc1. The van der Waals surface area contributed by atoms with Crippen LogP contribution in [0, 0.1) is 23.2 Å². The summed E-state index contributed by atoms with van der Waals surface area (Å²) in [7, 11) is 1.30. The first-order valence-electron chi connectivity index (χ1n) is 7.47. The monoisotopic (exact) mass is 305 g/mol. The van der Waals surface area contributed by atoms with Crippen LogP contribution in [0.3, 0.4) is 0 Å². The number of esters is 1. The van der Waals surface area contributed by atoms with Crippen LogP contribution in [0.25, 0.3) is 5.57 Å². The van der Waals surface area contributed by atoms with Gasteiger partial charge in [0, 0.05) is 5.92 Å². The lowest BCUT2D eigenvalue weighted by atomic mass is 9.89. The van der Waals surface area contributed by atoms with Gasteiger partial charge in [0.1, 0.15) is 5.92 Å². The molecule has 0 radical (unpaired) electrons. The number of rotatable bonds is 5. The number of carbonyl (C=O) groups is 1. The van der Waals surface area contributed by atoms with Crippen molar-refractivity contribution in [3.8, 4) is 6.07 Å². The first-order valence-corrected chi connectivity index (χ1v) is 7.47. The Hall–Kier alpha value is -2.86. The van der Waals surface area contributed by atoms with Gasteiger partial charge in [-0.3, -0.25) is 4.79 Å². The van der Waals surface area contributed by atoms with Gasteiger partial charge in [0.05, 0.1) is 13.2 Å². The Morgan fingerprint density at radius 2 is 1.52 bits per heavy atom. The molecular weight excluding hydrogens is 286 g/mol. The maximum atomic E-state index is 11.8. The molecular formula is C20H19NO2. The summed E-state index contributed by atoms with van der Waals surface area (Å²) in [5.74, 6) is -1.58. The van der Waals surface area contributed by atoms with E-state index in [9.17, 15) is 10.1 Å². The van der Waals surface area contributed by atoms with Crippen LogP contribution in [0.1, 0.15) is 18.1 Å². The van der Waals surface area contributed by atoms with E-state index in [0.29, 0.717) is 0 Å². The Kier molecular flexibility index (Phi) is 5.71. The van der Waals surface area contributed by atoms with Crippen LogP contribution < -0.4 is 0 Å². The number of carbonyl (C=O) groups excluding carboxylic acids is 1. The van der Waals surface area contributed by atoms with E-state index >= 15 is 0 Å². The molecule has 0 aromatic heterocycles. The first kappa shape index (κ1) is 16.5. The molecule has 0 heterocycles. The molecule has 0 aliphatic heterocycles. The van der Waals surface area contributed by atoms with E-state index in [1.807, 2.05) is 79.7 Å². The molecule has 0 saturated heterocycles. The summed E-state index contributed by atoms with van der Waals surface area (Å²) in [5.41, 5.74) is 3.10. The topological polar surface area (TPSA) is 50.1 Å². The summed E-state index contributed by atoms with van der Waals surface area (Å²) in [6.07, 6.45) is 1.97. The van der Waals surface area contributed by atoms with E-state index in [4.69, 9.17) is 4.74 Å². The number of methoxy groups -OCH3 is 1. The van der Waals surface area contributed by atoms with Gasteiger partial charge in [0.25, 0.3) is 0 Å². The molecule has 0 aliphatic rings. The summed E-state index contributed by atoms with van der Waals surface area (Å²) in [6.45, 7) is 1.86. The van der Waals surface area contributed by atoms with Crippen molar-refractivity contribution in [3.05, 3.63) is 77.9 Å². The summed E-state index contributed by atoms with van der Waals surface area (Å²) in [6, 6.07) is 21.9. The van der Waals surface area contributed by atoms with Crippen LogP contribution in [0.15, 0.2) is 66.7 Å². The molecule has 0 bridgehead atoms. The lowest BCUT2D eigenvalue weighted by Gasteiger charge is -2.15. The van der Waals surface area contributed by atoms with Crippen molar-refractivity contribution in [2.24, 2.45) is 11.8 Å². The minimum atomic E-state index is -0.817. The van der Waals surface area contributed by atoms with Crippen molar-refractivity contribution in [1.82, 2.24) is 0 Å². The zero-order valence-corrected chi connectivity index (χ0v) is 13.3. The maximum Gasteiger partial charge on any atom is 0.323 e. The van der Waals surface area contributed by atoms with Crippen LogP contribution in [-0.2, 0) is 9.53 Å². The highest BCUT2D eigenvalue weighted by Gasteiger charge is 2.25. The molecule has 1 unspecified atom stereocenters. The van der Waals surface area contributed by atoms with E-state index in [1.165, 1.54) is 7.11 Å². The molecule has 0 saturated carbocycles. The standard InChI is InChI=1S/C20H19NO2/c1-15(19(14-21)20(22)23-2)13-18(16-9-5-3-6-10-16)17-11-7-4-8-12-17/h3-13,15,19H,1-2H3/t15-,19?/m0/s1. The van der Waals surface area contributed by atoms with E-state index in [1.54, 1.807) is 0 Å². The lowest BCUT2D eigenvalue weighted by molar-refractivity contribution is -0.144. The van der Waals surface area contributed by atoms with Crippen molar-refractivity contribution in [2.45, 2.75) is 6.92 Å². The summed E-state index contributed by atoms with van der Waals surface area (Å²) in [5, 5.41) is 9.27. The molecule has 2 rings (SSSR count). The highest BCUT2D eigenvalue weighted by molar-refractivity contribution is 5.81. The predicted octanol–water partition coefficient (Wildman–Crippen LogP) is 4.07. The minimum absolute atomic E-state index is 0.261. The van der Waals surface area contributed by atoms with Crippen LogP contribution in [0.2, 0.25) is 0 Å². The number of hydrogen-bond acceptors (Lipinski definition) is 3. The molecule has 0 fully saturated rings. The fourth-order valence-corrected chi connectivity index (χ4v) is 2.47. The van der Waals surface area contributed by atoms with Crippen LogP contribution in [0.4, 0.5) is 0 Å². The molecule has 0 amide bonds. The molecule has 2 aromatic rings. The van der Waals surface area contributed by atoms with Gasteiger partial charge in [-0.15, -0.1) is 0 Å². The quantitative estimate of drug-likeness (QED) is 0.782. The molecule has 23 heavy (non-hydrogen) atoms. The highest BCUT2D eigenvalue weighted by atomic mass is 16.5. The second-order valence-corrected chi connectivity index (χ2v) is 5.30. The maximum absolute atomic E-state index is 11.8. The summed E-state index contributed by atoms with van der Waals surface area (Å²) >= 11 is 0. The van der Waals surface area contributed by atoms with Gasteiger partial charge in [0.15, 0.2) is 0 Å². The molecule has 0 N–H and O–H groups in total. The number of nitrogens with zero attached hydrogens (tertiary/aromatic N) is 1. The van der Waals surface area contributed by atoms with E-state index in [-0.39, 0.29) is 5.92 Å². The van der Waals surface area contributed by atoms with Gasteiger partial charge >= 0.3 is 5.97 Å². The average molecular weight is 305 g/mol. The van der Waals surface area contributed by atoms with Crippen molar-refractivity contribution in [2.75, 3.05) is 7.11 Å². The highest BCUT2D eigenvalue weighted by Crippen LogP contribution is 2.27. The smallest absolute Gasteiger partial charge is 0.323 e. The average Bonchev–Trinajstić information content (AvgIpc) is 2.61. The second kappa shape index (κ2) is 7.95. The van der Waals surface area contributed by atoms with E-state index < -0.39 is 11.9 Å². The molecule has 3 nitrogen and oxygen atoms in total. The van der Waals surface area contributed by atoms with E-state index in [2.05, 4.69) is 0 Å². The number of hydrogen-bond donors (Lipinski definition) is 0. The number of nitriles is 1. The molecule has 2 aromatic carbocycles. The fraction of sp³-hybridized carbons (Fsp3) is 0.200. The molecule has 0 spiro atoms. The van der Waals surface area contributed by atoms with Crippen LogP contribution in [0.5, 0.6) is 0 Å². The zero-order valence-electron chi connectivity index (χ0n) is 13.3. The number of allylic oxidation sites excluding steroid dienone is 1. The number of benzene rings is 2. The largest absolute Gasteiger partial charge is 0.468 e. The Labute approximate surface area is 136 Å². The van der Waals surface area contributed by atoms with Crippen molar-refractivity contribution in [3.63, 3.8) is 0 Å². The third-order valence-electron chi connectivity index (χ3n) is 3.72. The van der Waals surface area contributed by atoms with Gasteiger partial charge in [-0.1, -0.05) is 73.7 Å². The van der Waals surface area contributed by atoms with Crippen LogP contribution in [-0.4, -0.2) is 13.1 Å². The summed E-state index contributed by atoms with van der Waals surface area (Å²) < 4.78 is 4.73. The van der Waals surface area contributed by atoms with Crippen molar-refractivity contribution in [1.29, 1.82) is 5.26 Å². The lowest BCUT2D eigenvalue weighted by Crippen LogP contribution is -2.20. The Bertz CT molecular complexity index is 673. The van der Waals surface area contributed by atoms with Gasteiger partial charge in [-0.25, -0.2) is 0 Å². The zero-order chi connectivity index (χ0) is 16.7. The Morgan fingerprint density at radius 3 is 1.91 bits per heavy atom. The van der Waals surface area contributed by atoms with Gasteiger partial charge in [-0.05, 0) is 16.7 Å². The van der Waals surface area contributed by atoms with E-state index in [0.717, 1.165) is 16.7 Å². The third-order valence-corrected chi connectivity index (χ3v) is 3.72. The molecule has 3 heteroatoms.